The van der Waals surface area contributed by atoms with Gasteiger partial charge in [-0.3, -0.25) is 0 Å². The van der Waals surface area contributed by atoms with Crippen LogP contribution in [0.4, 0.5) is 0 Å². The predicted octanol–water partition coefficient (Wildman–Crippen LogP) is 2.50. The molecule has 0 aromatic rings. The van der Waals surface area contributed by atoms with Crippen molar-refractivity contribution in [1.29, 1.82) is 0 Å². The molecule has 1 heterocycles. The van der Waals surface area contributed by atoms with Gasteiger partial charge in [-0.15, -0.1) is 0 Å². The molecular formula is C14H28N2. The van der Waals surface area contributed by atoms with E-state index in [0.29, 0.717) is 0 Å². The maximum atomic E-state index is 3.62. The largest absolute Gasteiger partial charge is 0.313 e. The van der Waals surface area contributed by atoms with Crippen molar-refractivity contribution in [3.63, 3.8) is 0 Å². The van der Waals surface area contributed by atoms with Crippen LogP contribution in [0, 0.1) is 11.8 Å². The van der Waals surface area contributed by atoms with Crippen molar-refractivity contribution in [2.24, 2.45) is 11.8 Å². The third-order valence-electron chi connectivity index (χ3n) is 4.25. The molecule has 94 valence electrons. The minimum Gasteiger partial charge on any atom is -0.313 e. The lowest BCUT2D eigenvalue weighted by atomic mass is 9.89. The number of nitrogens with zero attached hydrogens (tertiary/aromatic N) is 1. The summed E-state index contributed by atoms with van der Waals surface area (Å²) in [5.74, 6) is 1.85. The summed E-state index contributed by atoms with van der Waals surface area (Å²) in [7, 11) is 0. The molecule has 1 saturated heterocycles. The Morgan fingerprint density at radius 2 is 1.94 bits per heavy atom. The third kappa shape index (κ3) is 4.06. The Hall–Kier alpha value is -0.0800. The summed E-state index contributed by atoms with van der Waals surface area (Å²) < 4.78 is 0. The number of rotatable bonds is 5. The lowest BCUT2D eigenvalue weighted by Crippen LogP contribution is -2.33. The highest BCUT2D eigenvalue weighted by Crippen LogP contribution is 2.24. The number of hydrogen-bond acceptors (Lipinski definition) is 2. The summed E-state index contributed by atoms with van der Waals surface area (Å²) in [5, 5.41) is 3.62. The predicted molar refractivity (Wildman–Crippen MR) is 69.6 cm³/mol. The van der Waals surface area contributed by atoms with Gasteiger partial charge in [-0.25, -0.2) is 0 Å². The van der Waals surface area contributed by atoms with Crippen molar-refractivity contribution < 1.29 is 0 Å². The van der Waals surface area contributed by atoms with E-state index in [0.717, 1.165) is 17.9 Å². The molecule has 1 saturated carbocycles. The van der Waals surface area contributed by atoms with Crippen molar-refractivity contribution in [2.45, 2.75) is 52.0 Å². The average Bonchev–Trinajstić information content (AvgIpc) is 3.04. The quantitative estimate of drug-likeness (QED) is 0.772. The molecule has 1 unspecified atom stereocenters. The molecule has 0 aromatic carbocycles. The summed E-state index contributed by atoms with van der Waals surface area (Å²) in [6.45, 7) is 9.90. The fourth-order valence-electron chi connectivity index (χ4n) is 2.79. The summed E-state index contributed by atoms with van der Waals surface area (Å²) in [4.78, 5) is 2.66. The van der Waals surface area contributed by atoms with Crippen molar-refractivity contribution in [1.82, 2.24) is 10.2 Å². The van der Waals surface area contributed by atoms with E-state index in [1.165, 1.54) is 58.3 Å². The SMILES string of the molecule is CC(C)C1CCCN(CCNC2CC2)CC1. The molecule has 0 radical (unpaired) electrons. The summed E-state index contributed by atoms with van der Waals surface area (Å²) in [5.41, 5.74) is 0. The fourth-order valence-corrected chi connectivity index (χ4v) is 2.79. The van der Waals surface area contributed by atoms with E-state index in [2.05, 4.69) is 24.1 Å². The molecule has 1 aliphatic carbocycles. The molecule has 0 aromatic heterocycles. The maximum Gasteiger partial charge on any atom is 0.0107 e. The van der Waals surface area contributed by atoms with Crippen molar-refractivity contribution in [3.05, 3.63) is 0 Å². The van der Waals surface area contributed by atoms with Gasteiger partial charge < -0.3 is 10.2 Å². The molecule has 1 aliphatic heterocycles. The number of hydrogen-bond donors (Lipinski definition) is 1. The Balaban J connectivity index is 1.62. The molecule has 2 rings (SSSR count). The van der Waals surface area contributed by atoms with Gasteiger partial charge in [0.2, 0.25) is 0 Å². The Morgan fingerprint density at radius 1 is 1.12 bits per heavy atom. The van der Waals surface area contributed by atoms with E-state index in [1.807, 2.05) is 0 Å². The number of likely N-dealkylation sites (tertiary alicyclic amines) is 1. The molecule has 1 atom stereocenters. The topological polar surface area (TPSA) is 15.3 Å². The lowest BCUT2D eigenvalue weighted by Gasteiger charge is -2.21. The fraction of sp³-hybridized carbons (Fsp3) is 1.00. The van der Waals surface area contributed by atoms with Crippen LogP contribution in [-0.4, -0.2) is 37.1 Å². The Labute approximate surface area is 101 Å². The van der Waals surface area contributed by atoms with Crippen LogP contribution in [-0.2, 0) is 0 Å². The van der Waals surface area contributed by atoms with Crippen LogP contribution in [0.25, 0.3) is 0 Å². The number of nitrogens with one attached hydrogen (secondary N) is 1. The van der Waals surface area contributed by atoms with E-state index < -0.39 is 0 Å². The van der Waals surface area contributed by atoms with Crippen LogP contribution in [0.3, 0.4) is 0 Å². The first-order valence-corrected chi connectivity index (χ1v) is 7.21. The second kappa shape index (κ2) is 6.02. The molecule has 1 N–H and O–H groups in total. The summed E-state index contributed by atoms with van der Waals surface area (Å²) in [6, 6.07) is 0.871. The lowest BCUT2D eigenvalue weighted by molar-refractivity contribution is 0.271. The zero-order valence-corrected chi connectivity index (χ0v) is 11.0. The average molecular weight is 224 g/mol. The minimum absolute atomic E-state index is 0.871. The van der Waals surface area contributed by atoms with Crippen LogP contribution in [0.1, 0.15) is 46.0 Å². The third-order valence-corrected chi connectivity index (χ3v) is 4.25. The molecule has 16 heavy (non-hydrogen) atoms. The standard InChI is InChI=1S/C14H28N2/c1-12(2)13-4-3-9-16(10-7-13)11-8-15-14-5-6-14/h12-15H,3-11H2,1-2H3. The van der Waals surface area contributed by atoms with Crippen LogP contribution < -0.4 is 5.32 Å². The van der Waals surface area contributed by atoms with Gasteiger partial charge in [0.1, 0.15) is 0 Å². The summed E-state index contributed by atoms with van der Waals surface area (Å²) >= 11 is 0. The van der Waals surface area contributed by atoms with Gasteiger partial charge in [0.15, 0.2) is 0 Å². The first kappa shape index (κ1) is 12.4. The van der Waals surface area contributed by atoms with Gasteiger partial charge in [0.25, 0.3) is 0 Å². The maximum absolute atomic E-state index is 3.62. The molecular weight excluding hydrogens is 196 g/mol. The van der Waals surface area contributed by atoms with E-state index in [4.69, 9.17) is 0 Å². The molecule has 2 aliphatic rings. The van der Waals surface area contributed by atoms with Crippen molar-refractivity contribution in [3.8, 4) is 0 Å². The van der Waals surface area contributed by atoms with Crippen LogP contribution in [0.5, 0.6) is 0 Å². The molecule has 2 fully saturated rings. The first-order valence-electron chi connectivity index (χ1n) is 7.21. The smallest absolute Gasteiger partial charge is 0.0107 e. The highest BCUT2D eigenvalue weighted by molar-refractivity contribution is 4.81. The zero-order valence-electron chi connectivity index (χ0n) is 11.0. The molecule has 0 spiro atoms. The summed E-state index contributed by atoms with van der Waals surface area (Å²) in [6.07, 6.45) is 7.10. The van der Waals surface area contributed by atoms with Gasteiger partial charge in [-0.2, -0.15) is 0 Å². The second-order valence-corrected chi connectivity index (χ2v) is 6.01. The molecule has 0 bridgehead atoms. The van der Waals surface area contributed by atoms with E-state index in [9.17, 15) is 0 Å². The Bertz CT molecular complexity index is 199. The monoisotopic (exact) mass is 224 g/mol. The van der Waals surface area contributed by atoms with Crippen LogP contribution in [0.15, 0.2) is 0 Å². The van der Waals surface area contributed by atoms with Gasteiger partial charge in [0, 0.05) is 19.1 Å². The first-order chi connectivity index (χ1) is 7.75. The van der Waals surface area contributed by atoms with Crippen molar-refractivity contribution >= 4 is 0 Å². The van der Waals surface area contributed by atoms with E-state index >= 15 is 0 Å². The van der Waals surface area contributed by atoms with E-state index in [1.54, 1.807) is 0 Å². The normalized spacial score (nSPS) is 28.3. The highest BCUT2D eigenvalue weighted by Gasteiger charge is 2.21. The molecule has 2 nitrogen and oxygen atoms in total. The van der Waals surface area contributed by atoms with Crippen molar-refractivity contribution in [2.75, 3.05) is 26.2 Å². The minimum atomic E-state index is 0.871. The highest BCUT2D eigenvalue weighted by atomic mass is 15.1. The van der Waals surface area contributed by atoms with Crippen LogP contribution >= 0.6 is 0 Å². The zero-order chi connectivity index (χ0) is 11.4. The van der Waals surface area contributed by atoms with Gasteiger partial charge in [-0.05, 0) is 57.0 Å². The van der Waals surface area contributed by atoms with Gasteiger partial charge >= 0.3 is 0 Å². The van der Waals surface area contributed by atoms with Crippen LogP contribution in [0.2, 0.25) is 0 Å². The van der Waals surface area contributed by atoms with E-state index in [-0.39, 0.29) is 0 Å². The Morgan fingerprint density at radius 3 is 2.62 bits per heavy atom. The van der Waals surface area contributed by atoms with Gasteiger partial charge in [0.05, 0.1) is 0 Å². The second-order valence-electron chi connectivity index (χ2n) is 6.01. The Kier molecular flexibility index (Phi) is 4.66. The molecule has 2 heteroatoms. The molecule has 0 amide bonds. The van der Waals surface area contributed by atoms with Gasteiger partial charge in [-0.1, -0.05) is 13.8 Å².